The Balaban J connectivity index is 2.14. The van der Waals surface area contributed by atoms with E-state index in [1.54, 1.807) is 16.8 Å². The molecule has 23 heavy (non-hydrogen) atoms. The maximum atomic E-state index is 12.2. The van der Waals surface area contributed by atoms with Gasteiger partial charge in [-0.05, 0) is 30.5 Å². The van der Waals surface area contributed by atoms with Crippen LogP contribution in [0.5, 0.6) is 5.75 Å². The van der Waals surface area contributed by atoms with E-state index in [1.165, 1.54) is 12.1 Å². The number of hydrogen-bond donors (Lipinski definition) is 1. The highest BCUT2D eigenvalue weighted by Crippen LogP contribution is 2.28. The summed E-state index contributed by atoms with van der Waals surface area (Å²) in [5, 5.41) is 7.78. The number of halogens is 3. The number of aryl methyl sites for hydroxylation is 2. The van der Waals surface area contributed by atoms with Crippen LogP contribution in [0.1, 0.15) is 37.6 Å². The molecule has 1 aromatic heterocycles. The number of rotatable bonds is 6. The molecule has 0 aliphatic rings. The van der Waals surface area contributed by atoms with E-state index in [4.69, 9.17) is 0 Å². The summed E-state index contributed by atoms with van der Waals surface area (Å²) < 4.78 is 42.2. The van der Waals surface area contributed by atoms with Gasteiger partial charge in [0.2, 0.25) is 0 Å². The van der Waals surface area contributed by atoms with E-state index >= 15 is 0 Å². The average Bonchev–Trinajstić information content (AvgIpc) is 2.84. The van der Waals surface area contributed by atoms with E-state index in [0.717, 1.165) is 29.8 Å². The molecule has 126 valence electrons. The Labute approximate surface area is 133 Å². The molecule has 0 aliphatic heterocycles. The Kier molecular flexibility index (Phi) is 5.18. The summed E-state index contributed by atoms with van der Waals surface area (Å²) >= 11 is 0. The maximum Gasteiger partial charge on any atom is 0.573 e. The summed E-state index contributed by atoms with van der Waals surface area (Å²) in [5.41, 5.74) is 2.80. The third kappa shape index (κ3) is 4.64. The summed E-state index contributed by atoms with van der Waals surface area (Å²) in [7, 11) is 1.86. The molecule has 4 nitrogen and oxygen atoms in total. The van der Waals surface area contributed by atoms with E-state index < -0.39 is 6.36 Å². The predicted molar refractivity (Wildman–Crippen MR) is 82.4 cm³/mol. The fourth-order valence-electron chi connectivity index (χ4n) is 2.43. The summed E-state index contributed by atoms with van der Waals surface area (Å²) in [6.45, 7) is 4.04. The number of nitrogens with one attached hydrogen (secondary N) is 1. The van der Waals surface area contributed by atoms with E-state index in [9.17, 15) is 13.2 Å². The van der Waals surface area contributed by atoms with Gasteiger partial charge in [-0.1, -0.05) is 26.0 Å². The molecule has 0 amide bonds. The zero-order chi connectivity index (χ0) is 17.0. The van der Waals surface area contributed by atoms with Gasteiger partial charge in [-0.3, -0.25) is 4.68 Å². The first-order valence-corrected chi connectivity index (χ1v) is 7.47. The second-order valence-corrected chi connectivity index (χ2v) is 5.24. The molecule has 1 aromatic carbocycles. The SMILES string of the molecule is CCc1nn(C)cc1NC(CC)c1ccc(OC(F)(F)F)cc1. The number of hydrogen-bond acceptors (Lipinski definition) is 3. The first-order chi connectivity index (χ1) is 10.8. The minimum Gasteiger partial charge on any atom is -0.406 e. The van der Waals surface area contributed by atoms with Crippen LogP contribution >= 0.6 is 0 Å². The van der Waals surface area contributed by atoms with Crippen molar-refractivity contribution in [2.24, 2.45) is 7.05 Å². The predicted octanol–water partition coefficient (Wildman–Crippen LogP) is 4.44. The largest absolute Gasteiger partial charge is 0.573 e. The van der Waals surface area contributed by atoms with Crippen molar-refractivity contribution in [3.8, 4) is 5.75 Å². The van der Waals surface area contributed by atoms with Gasteiger partial charge in [-0.15, -0.1) is 13.2 Å². The van der Waals surface area contributed by atoms with Gasteiger partial charge in [0.1, 0.15) is 5.75 Å². The van der Waals surface area contributed by atoms with Crippen molar-refractivity contribution in [2.75, 3.05) is 5.32 Å². The highest BCUT2D eigenvalue weighted by molar-refractivity contribution is 5.48. The van der Waals surface area contributed by atoms with Crippen LogP contribution in [0.4, 0.5) is 18.9 Å². The average molecular weight is 327 g/mol. The van der Waals surface area contributed by atoms with E-state index in [0.29, 0.717) is 0 Å². The van der Waals surface area contributed by atoms with Crippen molar-refractivity contribution in [1.82, 2.24) is 9.78 Å². The van der Waals surface area contributed by atoms with Gasteiger partial charge >= 0.3 is 6.36 Å². The second-order valence-electron chi connectivity index (χ2n) is 5.24. The summed E-state index contributed by atoms with van der Waals surface area (Å²) in [4.78, 5) is 0. The molecule has 1 N–H and O–H groups in total. The lowest BCUT2D eigenvalue weighted by Crippen LogP contribution is -2.17. The molecule has 1 heterocycles. The molecule has 2 aromatic rings. The topological polar surface area (TPSA) is 39.1 Å². The Morgan fingerprint density at radius 2 is 1.87 bits per heavy atom. The number of ether oxygens (including phenoxy) is 1. The molecule has 0 aliphatic carbocycles. The first kappa shape index (κ1) is 17.2. The Bertz CT molecular complexity index is 635. The lowest BCUT2D eigenvalue weighted by Gasteiger charge is -2.19. The Hall–Kier alpha value is -2.18. The van der Waals surface area contributed by atoms with Gasteiger partial charge < -0.3 is 10.1 Å². The minimum absolute atomic E-state index is 0.00978. The molecule has 0 saturated carbocycles. The molecule has 0 fully saturated rings. The van der Waals surface area contributed by atoms with Crippen LogP contribution in [-0.2, 0) is 13.5 Å². The summed E-state index contributed by atoms with van der Waals surface area (Å²) in [5.74, 6) is -0.216. The Morgan fingerprint density at radius 1 is 1.22 bits per heavy atom. The summed E-state index contributed by atoms with van der Waals surface area (Å²) in [6, 6.07) is 5.94. The highest BCUT2D eigenvalue weighted by Gasteiger charge is 2.31. The second kappa shape index (κ2) is 6.93. The third-order valence-corrected chi connectivity index (χ3v) is 3.49. The number of benzene rings is 1. The van der Waals surface area contributed by atoms with Crippen molar-refractivity contribution in [3.05, 3.63) is 41.7 Å². The zero-order valence-electron chi connectivity index (χ0n) is 13.3. The zero-order valence-corrected chi connectivity index (χ0v) is 13.3. The van der Waals surface area contributed by atoms with Gasteiger partial charge in [0, 0.05) is 13.2 Å². The van der Waals surface area contributed by atoms with Crippen LogP contribution in [0.15, 0.2) is 30.5 Å². The van der Waals surface area contributed by atoms with Gasteiger partial charge in [0.25, 0.3) is 0 Å². The van der Waals surface area contributed by atoms with Gasteiger partial charge in [-0.25, -0.2) is 0 Å². The highest BCUT2D eigenvalue weighted by atomic mass is 19.4. The third-order valence-electron chi connectivity index (χ3n) is 3.49. The van der Waals surface area contributed by atoms with Crippen LogP contribution in [-0.4, -0.2) is 16.1 Å². The minimum atomic E-state index is -4.67. The van der Waals surface area contributed by atoms with Gasteiger partial charge in [0.05, 0.1) is 17.4 Å². The number of aromatic nitrogens is 2. The van der Waals surface area contributed by atoms with Gasteiger partial charge in [0.15, 0.2) is 0 Å². The smallest absolute Gasteiger partial charge is 0.406 e. The van der Waals surface area contributed by atoms with E-state index in [2.05, 4.69) is 15.2 Å². The van der Waals surface area contributed by atoms with Crippen molar-refractivity contribution < 1.29 is 17.9 Å². The quantitative estimate of drug-likeness (QED) is 0.852. The number of nitrogens with zero attached hydrogens (tertiary/aromatic N) is 2. The molecule has 0 bridgehead atoms. The Morgan fingerprint density at radius 3 is 2.39 bits per heavy atom. The molecule has 0 spiro atoms. The fourth-order valence-corrected chi connectivity index (χ4v) is 2.43. The monoisotopic (exact) mass is 327 g/mol. The summed E-state index contributed by atoms with van der Waals surface area (Å²) in [6.07, 6.45) is -1.17. The van der Waals surface area contributed by atoms with Crippen molar-refractivity contribution in [2.45, 2.75) is 39.1 Å². The molecule has 2 rings (SSSR count). The molecular weight excluding hydrogens is 307 g/mol. The van der Waals surface area contributed by atoms with Crippen LogP contribution in [0.2, 0.25) is 0 Å². The number of anilines is 1. The molecule has 1 unspecified atom stereocenters. The molecule has 0 saturated heterocycles. The van der Waals surface area contributed by atoms with Crippen LogP contribution in [0, 0.1) is 0 Å². The molecule has 0 radical (unpaired) electrons. The maximum absolute atomic E-state index is 12.2. The fraction of sp³-hybridized carbons (Fsp3) is 0.438. The first-order valence-electron chi connectivity index (χ1n) is 7.47. The van der Waals surface area contributed by atoms with Crippen molar-refractivity contribution in [3.63, 3.8) is 0 Å². The van der Waals surface area contributed by atoms with E-state index in [-0.39, 0.29) is 11.8 Å². The molecule has 1 atom stereocenters. The molecular formula is C16H20F3N3O. The number of alkyl halides is 3. The van der Waals surface area contributed by atoms with Crippen LogP contribution < -0.4 is 10.1 Å². The van der Waals surface area contributed by atoms with Crippen molar-refractivity contribution in [1.29, 1.82) is 0 Å². The normalized spacial score (nSPS) is 13.0. The van der Waals surface area contributed by atoms with Gasteiger partial charge in [-0.2, -0.15) is 5.10 Å². The van der Waals surface area contributed by atoms with E-state index in [1.807, 2.05) is 27.1 Å². The lowest BCUT2D eigenvalue weighted by molar-refractivity contribution is -0.274. The molecule has 7 heteroatoms. The van der Waals surface area contributed by atoms with Crippen molar-refractivity contribution >= 4 is 5.69 Å². The standard InChI is InChI=1S/C16H20F3N3O/c1-4-13(20-15-10-22(3)21-14(15)5-2)11-6-8-12(9-7-11)23-16(17,18)19/h6-10,13,20H,4-5H2,1-3H3. The lowest BCUT2D eigenvalue weighted by atomic mass is 10.0. The van der Waals surface area contributed by atoms with Crippen LogP contribution in [0.25, 0.3) is 0 Å². The van der Waals surface area contributed by atoms with Crippen LogP contribution in [0.3, 0.4) is 0 Å².